The second-order valence-corrected chi connectivity index (χ2v) is 5.76. The first-order chi connectivity index (χ1) is 9.67. The van der Waals surface area contributed by atoms with E-state index in [0.29, 0.717) is 18.6 Å². The highest BCUT2D eigenvalue weighted by molar-refractivity contribution is 7.99. The molecule has 3 nitrogen and oxygen atoms in total. The summed E-state index contributed by atoms with van der Waals surface area (Å²) >= 11 is 1.61. The third-order valence-electron chi connectivity index (χ3n) is 3.05. The number of Topliss-reactive ketones (excluding diaryl/α,β-unsaturated/α-hetero) is 1. The molecule has 0 fully saturated rings. The van der Waals surface area contributed by atoms with Crippen LogP contribution in [-0.4, -0.2) is 42.6 Å². The second kappa shape index (κ2) is 9.91. The summed E-state index contributed by atoms with van der Waals surface area (Å²) < 4.78 is 12.9. The Labute approximate surface area is 124 Å². The van der Waals surface area contributed by atoms with Gasteiger partial charge in [-0.3, -0.25) is 4.79 Å². The third kappa shape index (κ3) is 6.50. The largest absolute Gasteiger partial charge is 0.396 e. The standard InChI is InChI=1S/C15H22FNO2S/c1-17-7-9-20-11-15(19)10-13(6-8-18)12-2-4-14(16)5-3-12/h2-5,13,17-18H,6-11H2,1H3/t13-/m1/s1. The molecule has 0 saturated heterocycles. The van der Waals surface area contributed by atoms with Gasteiger partial charge in [0.2, 0.25) is 0 Å². The van der Waals surface area contributed by atoms with E-state index in [1.807, 2.05) is 7.05 Å². The van der Waals surface area contributed by atoms with Gasteiger partial charge in [0.05, 0.1) is 5.75 Å². The van der Waals surface area contributed by atoms with Gasteiger partial charge in [0.25, 0.3) is 0 Å². The van der Waals surface area contributed by atoms with Crippen LogP contribution in [-0.2, 0) is 4.79 Å². The molecule has 0 aromatic heterocycles. The zero-order chi connectivity index (χ0) is 14.8. The normalized spacial score (nSPS) is 12.3. The lowest BCUT2D eigenvalue weighted by Crippen LogP contribution is -2.14. The molecule has 0 bridgehead atoms. The molecule has 0 unspecified atom stereocenters. The zero-order valence-corrected chi connectivity index (χ0v) is 12.6. The summed E-state index contributed by atoms with van der Waals surface area (Å²) in [5.41, 5.74) is 0.911. The lowest BCUT2D eigenvalue weighted by molar-refractivity contribution is -0.117. The van der Waals surface area contributed by atoms with Gasteiger partial charge in [-0.25, -0.2) is 4.39 Å². The maximum absolute atomic E-state index is 12.9. The van der Waals surface area contributed by atoms with Crippen molar-refractivity contribution in [2.45, 2.75) is 18.8 Å². The summed E-state index contributed by atoms with van der Waals surface area (Å²) in [6, 6.07) is 6.17. The van der Waals surface area contributed by atoms with Crippen LogP contribution in [0.2, 0.25) is 0 Å². The molecule has 1 aromatic rings. The van der Waals surface area contributed by atoms with Crippen molar-refractivity contribution >= 4 is 17.5 Å². The molecule has 0 aliphatic heterocycles. The molecule has 20 heavy (non-hydrogen) atoms. The molecule has 112 valence electrons. The van der Waals surface area contributed by atoms with E-state index in [9.17, 15) is 9.18 Å². The van der Waals surface area contributed by atoms with Crippen LogP contribution in [0.25, 0.3) is 0 Å². The van der Waals surface area contributed by atoms with Crippen molar-refractivity contribution < 1.29 is 14.3 Å². The molecular formula is C15H22FNO2S. The second-order valence-electron chi connectivity index (χ2n) is 4.66. The van der Waals surface area contributed by atoms with Gasteiger partial charge >= 0.3 is 0 Å². The Morgan fingerprint density at radius 2 is 2.10 bits per heavy atom. The maximum Gasteiger partial charge on any atom is 0.143 e. The number of aliphatic hydroxyl groups is 1. The van der Waals surface area contributed by atoms with Gasteiger partial charge in [-0.1, -0.05) is 12.1 Å². The van der Waals surface area contributed by atoms with Crippen molar-refractivity contribution in [3.8, 4) is 0 Å². The van der Waals surface area contributed by atoms with Crippen molar-refractivity contribution in [2.24, 2.45) is 0 Å². The molecule has 1 rings (SSSR count). The number of carbonyl (C=O) groups excluding carboxylic acids is 1. The average Bonchev–Trinajstić information content (AvgIpc) is 2.44. The van der Waals surface area contributed by atoms with Crippen LogP contribution in [0, 0.1) is 5.82 Å². The van der Waals surface area contributed by atoms with Gasteiger partial charge in [-0.05, 0) is 37.1 Å². The number of benzene rings is 1. The Morgan fingerprint density at radius 1 is 1.40 bits per heavy atom. The Bertz CT molecular complexity index is 397. The quantitative estimate of drug-likeness (QED) is 0.650. The molecule has 0 heterocycles. The molecule has 0 amide bonds. The molecular weight excluding hydrogens is 277 g/mol. The van der Waals surface area contributed by atoms with Crippen LogP contribution in [0.3, 0.4) is 0 Å². The molecule has 0 spiro atoms. The maximum atomic E-state index is 12.9. The topological polar surface area (TPSA) is 49.3 Å². The van der Waals surface area contributed by atoms with E-state index in [4.69, 9.17) is 5.11 Å². The van der Waals surface area contributed by atoms with Crippen LogP contribution < -0.4 is 5.32 Å². The molecule has 5 heteroatoms. The Morgan fingerprint density at radius 3 is 2.70 bits per heavy atom. The molecule has 2 N–H and O–H groups in total. The molecule has 0 aliphatic carbocycles. The van der Waals surface area contributed by atoms with Gasteiger partial charge in [-0.15, -0.1) is 0 Å². The zero-order valence-electron chi connectivity index (χ0n) is 11.8. The van der Waals surface area contributed by atoms with Crippen LogP contribution in [0.15, 0.2) is 24.3 Å². The first-order valence-electron chi connectivity index (χ1n) is 6.77. The van der Waals surface area contributed by atoms with Gasteiger partial charge in [0, 0.05) is 25.3 Å². The van der Waals surface area contributed by atoms with Gasteiger partial charge < -0.3 is 10.4 Å². The number of halogens is 1. The SMILES string of the molecule is CNCCSCC(=O)C[C@@H](CCO)c1ccc(F)cc1. The Hall–Kier alpha value is -0.910. The summed E-state index contributed by atoms with van der Waals surface area (Å²) in [5, 5.41) is 12.1. The monoisotopic (exact) mass is 299 g/mol. The third-order valence-corrected chi connectivity index (χ3v) is 4.07. The summed E-state index contributed by atoms with van der Waals surface area (Å²) in [4.78, 5) is 11.9. The highest BCUT2D eigenvalue weighted by Gasteiger charge is 2.15. The lowest BCUT2D eigenvalue weighted by Gasteiger charge is -2.15. The number of carbonyl (C=O) groups is 1. The number of nitrogens with one attached hydrogen (secondary N) is 1. The van der Waals surface area contributed by atoms with Crippen LogP contribution >= 0.6 is 11.8 Å². The first-order valence-corrected chi connectivity index (χ1v) is 7.93. The van der Waals surface area contributed by atoms with E-state index in [0.717, 1.165) is 17.9 Å². The number of hydrogen-bond acceptors (Lipinski definition) is 4. The smallest absolute Gasteiger partial charge is 0.143 e. The molecule has 0 radical (unpaired) electrons. The summed E-state index contributed by atoms with van der Waals surface area (Å²) in [6.07, 6.45) is 0.928. The van der Waals surface area contributed by atoms with Crippen LogP contribution in [0.5, 0.6) is 0 Å². The van der Waals surface area contributed by atoms with Crippen molar-refractivity contribution in [2.75, 3.05) is 31.7 Å². The molecule has 1 aromatic carbocycles. The fourth-order valence-electron chi connectivity index (χ4n) is 1.97. The van der Waals surface area contributed by atoms with Gasteiger partial charge in [0.1, 0.15) is 11.6 Å². The number of ketones is 1. The predicted octanol–water partition coefficient (Wildman–Crippen LogP) is 2.20. The van der Waals surface area contributed by atoms with Crippen molar-refractivity contribution in [1.29, 1.82) is 0 Å². The highest BCUT2D eigenvalue weighted by Crippen LogP contribution is 2.24. The molecule has 0 aliphatic rings. The van der Waals surface area contributed by atoms with Gasteiger partial charge in [0.15, 0.2) is 0 Å². The van der Waals surface area contributed by atoms with E-state index in [1.54, 1.807) is 23.9 Å². The highest BCUT2D eigenvalue weighted by atomic mass is 32.2. The summed E-state index contributed by atoms with van der Waals surface area (Å²) in [6.45, 7) is 0.915. The van der Waals surface area contributed by atoms with E-state index in [2.05, 4.69) is 5.32 Å². The minimum absolute atomic E-state index is 0.0296. The fraction of sp³-hybridized carbons (Fsp3) is 0.533. The van der Waals surface area contributed by atoms with E-state index in [1.165, 1.54) is 12.1 Å². The number of aliphatic hydroxyl groups excluding tert-OH is 1. The van der Waals surface area contributed by atoms with Crippen molar-refractivity contribution in [3.63, 3.8) is 0 Å². The minimum Gasteiger partial charge on any atom is -0.396 e. The van der Waals surface area contributed by atoms with Gasteiger partial charge in [-0.2, -0.15) is 11.8 Å². The number of rotatable bonds is 10. The minimum atomic E-state index is -0.287. The lowest BCUT2D eigenvalue weighted by atomic mass is 9.91. The molecule has 1 atom stereocenters. The Balaban J connectivity index is 2.49. The Kier molecular flexibility index (Phi) is 8.49. The summed E-state index contributed by atoms with van der Waals surface area (Å²) in [7, 11) is 1.88. The van der Waals surface area contributed by atoms with Crippen LogP contribution in [0.1, 0.15) is 24.3 Å². The van der Waals surface area contributed by atoms with Crippen LogP contribution in [0.4, 0.5) is 4.39 Å². The summed E-state index contributed by atoms with van der Waals surface area (Å²) in [5.74, 6) is 1.26. The van der Waals surface area contributed by atoms with E-state index < -0.39 is 0 Å². The van der Waals surface area contributed by atoms with Crippen molar-refractivity contribution in [1.82, 2.24) is 5.32 Å². The fourth-order valence-corrected chi connectivity index (χ4v) is 2.81. The first kappa shape index (κ1) is 17.1. The molecule has 0 saturated carbocycles. The van der Waals surface area contributed by atoms with Crippen molar-refractivity contribution in [3.05, 3.63) is 35.6 Å². The van der Waals surface area contributed by atoms with E-state index >= 15 is 0 Å². The average molecular weight is 299 g/mol. The number of hydrogen-bond donors (Lipinski definition) is 2. The number of thioether (sulfide) groups is 1. The predicted molar refractivity (Wildman–Crippen MR) is 81.7 cm³/mol. The van der Waals surface area contributed by atoms with E-state index in [-0.39, 0.29) is 24.1 Å².